The molecule has 0 atom stereocenters. The fourth-order valence-corrected chi connectivity index (χ4v) is 2.11. The minimum atomic E-state index is -0.783. The van der Waals surface area contributed by atoms with Crippen LogP contribution in [0.15, 0.2) is 53.7 Å². The SMILES string of the molecule is COC(=O)c1cc(=O)[nH]c(NC(=O)c2cc(-n3cccc3)ccn2)n1. The highest BCUT2D eigenvalue weighted by Crippen LogP contribution is 2.10. The highest BCUT2D eigenvalue weighted by molar-refractivity contribution is 6.02. The van der Waals surface area contributed by atoms with Gasteiger partial charge >= 0.3 is 5.97 Å². The van der Waals surface area contributed by atoms with Crippen molar-refractivity contribution < 1.29 is 14.3 Å². The van der Waals surface area contributed by atoms with Crippen LogP contribution in [0.1, 0.15) is 21.0 Å². The van der Waals surface area contributed by atoms with Gasteiger partial charge in [0.25, 0.3) is 11.5 Å². The molecule has 9 heteroatoms. The van der Waals surface area contributed by atoms with E-state index in [9.17, 15) is 14.4 Å². The highest BCUT2D eigenvalue weighted by Gasteiger charge is 2.14. The van der Waals surface area contributed by atoms with E-state index in [2.05, 4.69) is 25.0 Å². The smallest absolute Gasteiger partial charge is 0.357 e. The van der Waals surface area contributed by atoms with Crippen LogP contribution in [0.3, 0.4) is 0 Å². The van der Waals surface area contributed by atoms with Gasteiger partial charge in [0, 0.05) is 30.3 Å². The molecule has 2 N–H and O–H groups in total. The maximum absolute atomic E-state index is 12.3. The molecular formula is C16H13N5O4. The van der Waals surface area contributed by atoms with Crippen LogP contribution in [-0.4, -0.2) is 38.5 Å². The molecule has 0 aliphatic rings. The van der Waals surface area contributed by atoms with Crippen LogP contribution in [0.25, 0.3) is 5.69 Å². The minimum Gasteiger partial charge on any atom is -0.464 e. The lowest BCUT2D eigenvalue weighted by molar-refractivity contribution is 0.0593. The molecule has 0 saturated heterocycles. The molecule has 0 unspecified atom stereocenters. The number of pyridine rings is 1. The van der Waals surface area contributed by atoms with Crippen molar-refractivity contribution >= 4 is 17.8 Å². The fourth-order valence-electron chi connectivity index (χ4n) is 2.11. The standard InChI is InChI=1S/C16H13N5O4/c1-25-15(24)12-9-13(22)19-16(18-12)20-14(23)11-8-10(4-5-17-11)21-6-2-3-7-21/h2-9H,1H3,(H2,18,19,20,22,23). The van der Waals surface area contributed by atoms with Gasteiger partial charge in [-0.15, -0.1) is 0 Å². The first kappa shape index (κ1) is 16.1. The first-order valence-electron chi connectivity index (χ1n) is 7.17. The number of hydrogen-bond donors (Lipinski definition) is 2. The molecule has 3 rings (SSSR count). The lowest BCUT2D eigenvalue weighted by atomic mass is 10.3. The third-order valence-corrected chi connectivity index (χ3v) is 3.25. The van der Waals surface area contributed by atoms with Crippen LogP contribution in [-0.2, 0) is 4.74 Å². The van der Waals surface area contributed by atoms with Crippen LogP contribution in [0.5, 0.6) is 0 Å². The van der Waals surface area contributed by atoms with Crippen molar-refractivity contribution in [3.63, 3.8) is 0 Å². The van der Waals surface area contributed by atoms with Crippen LogP contribution >= 0.6 is 0 Å². The van der Waals surface area contributed by atoms with Crippen LogP contribution < -0.4 is 10.9 Å². The summed E-state index contributed by atoms with van der Waals surface area (Å²) in [5.41, 5.74) is 0.0580. The van der Waals surface area contributed by atoms with Gasteiger partial charge in [-0.25, -0.2) is 9.78 Å². The van der Waals surface area contributed by atoms with Gasteiger partial charge in [0.05, 0.1) is 7.11 Å². The summed E-state index contributed by atoms with van der Waals surface area (Å²) in [6.07, 6.45) is 5.15. The van der Waals surface area contributed by atoms with Crippen molar-refractivity contribution in [2.75, 3.05) is 12.4 Å². The number of carbonyl (C=O) groups is 2. The number of amides is 1. The Kier molecular flexibility index (Phi) is 4.38. The number of aromatic nitrogens is 4. The molecular weight excluding hydrogens is 326 g/mol. The molecule has 3 aromatic heterocycles. The number of hydrogen-bond acceptors (Lipinski definition) is 6. The van der Waals surface area contributed by atoms with E-state index >= 15 is 0 Å². The van der Waals surface area contributed by atoms with E-state index in [4.69, 9.17) is 0 Å². The Morgan fingerprint density at radius 1 is 1.20 bits per heavy atom. The molecule has 0 radical (unpaired) electrons. The van der Waals surface area contributed by atoms with Crippen molar-refractivity contribution in [3.05, 3.63) is 70.7 Å². The third kappa shape index (κ3) is 3.61. The molecule has 1 amide bonds. The summed E-state index contributed by atoms with van der Waals surface area (Å²) in [7, 11) is 1.17. The van der Waals surface area contributed by atoms with Crippen LogP contribution in [0.4, 0.5) is 5.95 Å². The van der Waals surface area contributed by atoms with Gasteiger partial charge in [0.2, 0.25) is 5.95 Å². The monoisotopic (exact) mass is 339 g/mol. The molecule has 0 aromatic carbocycles. The zero-order valence-electron chi connectivity index (χ0n) is 13.1. The summed E-state index contributed by atoms with van der Waals surface area (Å²) in [6, 6.07) is 8.01. The zero-order chi connectivity index (χ0) is 17.8. The second-order valence-corrected chi connectivity index (χ2v) is 4.91. The predicted octanol–water partition coefficient (Wildman–Crippen LogP) is 0.994. The van der Waals surface area contributed by atoms with E-state index in [0.29, 0.717) is 0 Å². The van der Waals surface area contributed by atoms with Crippen molar-refractivity contribution in [2.24, 2.45) is 0 Å². The van der Waals surface area contributed by atoms with Gasteiger partial charge < -0.3 is 9.30 Å². The molecule has 0 spiro atoms. The van der Waals surface area contributed by atoms with Gasteiger partial charge in [-0.1, -0.05) is 0 Å². The Bertz CT molecular complexity index is 978. The third-order valence-electron chi connectivity index (χ3n) is 3.25. The second-order valence-electron chi connectivity index (χ2n) is 4.91. The van der Waals surface area contributed by atoms with E-state index < -0.39 is 17.4 Å². The summed E-state index contributed by atoms with van der Waals surface area (Å²) in [6.45, 7) is 0. The molecule has 3 heterocycles. The van der Waals surface area contributed by atoms with Gasteiger partial charge in [-0.05, 0) is 24.3 Å². The number of H-pyrrole nitrogens is 1. The number of nitrogens with zero attached hydrogens (tertiary/aromatic N) is 3. The number of methoxy groups -OCH3 is 1. The summed E-state index contributed by atoms with van der Waals surface area (Å²) in [5, 5.41) is 2.41. The maximum atomic E-state index is 12.3. The Labute approximate surface area is 141 Å². The number of esters is 1. The molecule has 25 heavy (non-hydrogen) atoms. The molecule has 0 fully saturated rings. The van der Waals surface area contributed by atoms with E-state index in [1.165, 1.54) is 13.3 Å². The molecule has 126 valence electrons. The van der Waals surface area contributed by atoms with Crippen LogP contribution in [0.2, 0.25) is 0 Å². The Morgan fingerprint density at radius 3 is 2.68 bits per heavy atom. The average Bonchev–Trinajstić information content (AvgIpc) is 3.15. The zero-order valence-corrected chi connectivity index (χ0v) is 13.1. The van der Waals surface area contributed by atoms with Gasteiger partial charge in [-0.3, -0.25) is 24.9 Å². The first-order chi connectivity index (χ1) is 12.1. The van der Waals surface area contributed by atoms with Crippen LogP contribution in [0, 0.1) is 0 Å². The average molecular weight is 339 g/mol. The van der Waals surface area contributed by atoms with Gasteiger partial charge in [0.15, 0.2) is 5.69 Å². The second kappa shape index (κ2) is 6.79. The van der Waals surface area contributed by atoms with Crippen molar-refractivity contribution in [1.82, 2.24) is 19.5 Å². The topological polar surface area (TPSA) is 119 Å². The van der Waals surface area contributed by atoms with Gasteiger partial charge in [-0.2, -0.15) is 0 Å². The lowest BCUT2D eigenvalue weighted by Crippen LogP contribution is -2.21. The predicted molar refractivity (Wildman–Crippen MR) is 87.7 cm³/mol. The first-order valence-corrected chi connectivity index (χ1v) is 7.17. The van der Waals surface area contributed by atoms with E-state index in [1.807, 2.05) is 29.1 Å². The summed E-state index contributed by atoms with van der Waals surface area (Å²) in [5.74, 6) is -1.54. The fraction of sp³-hybridized carbons (Fsp3) is 0.0625. The number of rotatable bonds is 4. The van der Waals surface area contributed by atoms with Gasteiger partial charge in [0.1, 0.15) is 5.69 Å². The Balaban J connectivity index is 1.86. The maximum Gasteiger partial charge on any atom is 0.357 e. The molecule has 0 aliphatic carbocycles. The molecule has 3 aromatic rings. The van der Waals surface area contributed by atoms with Crippen molar-refractivity contribution in [1.29, 1.82) is 0 Å². The minimum absolute atomic E-state index is 0.123. The quantitative estimate of drug-likeness (QED) is 0.684. The molecule has 0 aliphatic heterocycles. The number of aromatic amines is 1. The van der Waals surface area contributed by atoms with E-state index in [0.717, 1.165) is 11.8 Å². The normalized spacial score (nSPS) is 10.3. The van der Waals surface area contributed by atoms with Crippen molar-refractivity contribution in [3.8, 4) is 5.69 Å². The van der Waals surface area contributed by atoms with E-state index in [-0.39, 0.29) is 17.3 Å². The molecule has 0 saturated carbocycles. The number of nitrogens with one attached hydrogen (secondary N) is 2. The Morgan fingerprint density at radius 2 is 1.96 bits per heavy atom. The van der Waals surface area contributed by atoms with Crippen molar-refractivity contribution in [2.45, 2.75) is 0 Å². The number of anilines is 1. The molecule has 9 nitrogen and oxygen atoms in total. The highest BCUT2D eigenvalue weighted by atomic mass is 16.5. The summed E-state index contributed by atoms with van der Waals surface area (Å²) in [4.78, 5) is 45.6. The summed E-state index contributed by atoms with van der Waals surface area (Å²) >= 11 is 0. The largest absolute Gasteiger partial charge is 0.464 e. The molecule has 0 bridgehead atoms. The number of carbonyl (C=O) groups excluding carboxylic acids is 2. The summed E-state index contributed by atoms with van der Waals surface area (Å²) < 4.78 is 6.33. The lowest BCUT2D eigenvalue weighted by Gasteiger charge is -2.07. The Hall–Kier alpha value is -3.75. The number of ether oxygens (including phenoxy) is 1. The van der Waals surface area contributed by atoms with E-state index in [1.54, 1.807) is 12.1 Å².